The van der Waals surface area contributed by atoms with Crippen molar-refractivity contribution >= 4 is 39.1 Å². The van der Waals surface area contributed by atoms with Gasteiger partial charge in [-0.15, -0.1) is 0 Å². The standard InChI is InChI=1S/C14H11BrCl2F2N2/c15-10-4-3-9(14(19)13(10)17)12(21-20)5-7-1-2-8(18)6-11(7)16/h1-4,6,12,21H,5,20H2. The van der Waals surface area contributed by atoms with E-state index in [0.717, 1.165) is 0 Å². The van der Waals surface area contributed by atoms with Crippen molar-refractivity contribution < 1.29 is 8.78 Å². The minimum absolute atomic E-state index is 0.0158. The van der Waals surface area contributed by atoms with Gasteiger partial charge in [-0.05, 0) is 46.1 Å². The smallest absolute Gasteiger partial charge is 0.147 e. The summed E-state index contributed by atoms with van der Waals surface area (Å²) in [4.78, 5) is 0. The zero-order chi connectivity index (χ0) is 15.6. The molecule has 112 valence electrons. The summed E-state index contributed by atoms with van der Waals surface area (Å²) in [5, 5.41) is 0.247. The van der Waals surface area contributed by atoms with Gasteiger partial charge in [0.15, 0.2) is 0 Å². The lowest BCUT2D eigenvalue weighted by molar-refractivity contribution is 0.510. The van der Waals surface area contributed by atoms with Crippen molar-refractivity contribution in [3.63, 3.8) is 0 Å². The van der Waals surface area contributed by atoms with Crippen LogP contribution in [-0.2, 0) is 6.42 Å². The van der Waals surface area contributed by atoms with E-state index in [4.69, 9.17) is 29.0 Å². The summed E-state index contributed by atoms with van der Waals surface area (Å²) >= 11 is 15.0. The molecular weight excluding hydrogens is 385 g/mol. The molecule has 0 aromatic heterocycles. The second kappa shape index (κ2) is 7.03. The molecule has 1 unspecified atom stereocenters. The van der Waals surface area contributed by atoms with Crippen LogP contribution in [0.3, 0.4) is 0 Å². The number of rotatable bonds is 4. The lowest BCUT2D eigenvalue weighted by atomic mass is 9.99. The number of hydrogen-bond acceptors (Lipinski definition) is 2. The summed E-state index contributed by atoms with van der Waals surface area (Å²) in [6.07, 6.45) is 0.296. The second-order valence-electron chi connectivity index (χ2n) is 4.42. The molecule has 0 saturated heterocycles. The van der Waals surface area contributed by atoms with Gasteiger partial charge in [-0.1, -0.05) is 35.3 Å². The Morgan fingerprint density at radius 3 is 2.52 bits per heavy atom. The monoisotopic (exact) mass is 394 g/mol. The highest BCUT2D eigenvalue weighted by Crippen LogP contribution is 2.32. The normalized spacial score (nSPS) is 12.5. The van der Waals surface area contributed by atoms with E-state index in [1.807, 2.05) is 0 Å². The fraction of sp³-hybridized carbons (Fsp3) is 0.143. The van der Waals surface area contributed by atoms with E-state index in [2.05, 4.69) is 21.4 Å². The molecule has 0 spiro atoms. The summed E-state index contributed by atoms with van der Waals surface area (Å²) < 4.78 is 27.7. The molecule has 2 aromatic carbocycles. The first-order valence-electron chi connectivity index (χ1n) is 5.97. The summed E-state index contributed by atoms with van der Waals surface area (Å²) in [7, 11) is 0. The zero-order valence-electron chi connectivity index (χ0n) is 10.6. The number of hydrazine groups is 1. The van der Waals surface area contributed by atoms with E-state index in [-0.39, 0.29) is 10.0 Å². The molecule has 1 atom stereocenters. The maximum absolute atomic E-state index is 14.2. The van der Waals surface area contributed by atoms with E-state index >= 15 is 0 Å². The highest BCUT2D eigenvalue weighted by molar-refractivity contribution is 9.10. The van der Waals surface area contributed by atoms with Crippen molar-refractivity contribution in [1.29, 1.82) is 0 Å². The molecule has 0 aliphatic heterocycles. The molecule has 2 nitrogen and oxygen atoms in total. The van der Waals surface area contributed by atoms with E-state index in [9.17, 15) is 8.78 Å². The number of nitrogens with two attached hydrogens (primary N) is 1. The summed E-state index contributed by atoms with van der Waals surface area (Å²) in [6, 6.07) is 6.71. The van der Waals surface area contributed by atoms with Gasteiger partial charge >= 0.3 is 0 Å². The highest BCUT2D eigenvalue weighted by Gasteiger charge is 2.19. The van der Waals surface area contributed by atoms with Crippen LogP contribution in [0.5, 0.6) is 0 Å². The Bertz CT molecular complexity index is 668. The van der Waals surface area contributed by atoms with Crippen LogP contribution in [0.4, 0.5) is 8.78 Å². The number of halogens is 5. The molecule has 2 rings (SSSR count). The van der Waals surface area contributed by atoms with Gasteiger partial charge in [0.05, 0.1) is 11.1 Å². The lowest BCUT2D eigenvalue weighted by Crippen LogP contribution is -2.30. The zero-order valence-corrected chi connectivity index (χ0v) is 13.7. The summed E-state index contributed by atoms with van der Waals surface area (Å²) in [5.74, 6) is 4.51. The van der Waals surface area contributed by atoms with Crippen molar-refractivity contribution in [1.82, 2.24) is 5.43 Å². The third-order valence-electron chi connectivity index (χ3n) is 3.08. The van der Waals surface area contributed by atoms with Gasteiger partial charge in [-0.25, -0.2) is 8.78 Å². The molecular formula is C14H11BrCl2F2N2. The fourth-order valence-corrected chi connectivity index (χ4v) is 2.70. The number of benzene rings is 2. The third-order valence-corrected chi connectivity index (χ3v) is 4.69. The van der Waals surface area contributed by atoms with Crippen LogP contribution in [0, 0.1) is 11.6 Å². The predicted octanol–water partition coefficient (Wildman–Crippen LogP) is 4.78. The SMILES string of the molecule is NNC(Cc1ccc(F)cc1Cl)c1ccc(Br)c(Cl)c1F. The molecule has 0 bridgehead atoms. The average Bonchev–Trinajstić information content (AvgIpc) is 2.45. The van der Waals surface area contributed by atoms with E-state index in [1.54, 1.807) is 18.2 Å². The van der Waals surface area contributed by atoms with Crippen LogP contribution in [0.1, 0.15) is 17.2 Å². The van der Waals surface area contributed by atoms with Crippen molar-refractivity contribution in [2.24, 2.45) is 5.84 Å². The van der Waals surface area contributed by atoms with Crippen LogP contribution < -0.4 is 11.3 Å². The molecule has 0 heterocycles. The van der Waals surface area contributed by atoms with Gasteiger partial charge in [0.2, 0.25) is 0 Å². The van der Waals surface area contributed by atoms with E-state index in [1.165, 1.54) is 12.1 Å². The average molecular weight is 396 g/mol. The van der Waals surface area contributed by atoms with Crippen molar-refractivity contribution in [2.45, 2.75) is 12.5 Å². The quantitative estimate of drug-likeness (QED) is 0.444. The number of nitrogens with one attached hydrogen (secondary N) is 1. The topological polar surface area (TPSA) is 38.0 Å². The molecule has 0 amide bonds. The number of hydrogen-bond donors (Lipinski definition) is 2. The highest BCUT2D eigenvalue weighted by atomic mass is 79.9. The molecule has 7 heteroatoms. The van der Waals surface area contributed by atoms with Gasteiger partial charge < -0.3 is 0 Å². The van der Waals surface area contributed by atoms with Gasteiger partial charge in [-0.2, -0.15) is 0 Å². The predicted molar refractivity (Wildman–Crippen MR) is 84.3 cm³/mol. The van der Waals surface area contributed by atoms with E-state index < -0.39 is 17.7 Å². The van der Waals surface area contributed by atoms with Crippen LogP contribution in [-0.4, -0.2) is 0 Å². The summed E-state index contributed by atoms with van der Waals surface area (Å²) in [5.41, 5.74) is 3.49. The van der Waals surface area contributed by atoms with Crippen LogP contribution in [0.15, 0.2) is 34.8 Å². The molecule has 2 aromatic rings. The van der Waals surface area contributed by atoms with Crippen molar-refractivity contribution in [2.75, 3.05) is 0 Å². The van der Waals surface area contributed by atoms with Gasteiger partial charge in [-0.3, -0.25) is 11.3 Å². The molecule has 0 aliphatic carbocycles. The third kappa shape index (κ3) is 3.73. The van der Waals surface area contributed by atoms with E-state index in [0.29, 0.717) is 22.0 Å². The summed E-state index contributed by atoms with van der Waals surface area (Å²) in [6.45, 7) is 0. The Morgan fingerprint density at radius 2 is 1.90 bits per heavy atom. The Morgan fingerprint density at radius 1 is 1.19 bits per heavy atom. The largest absolute Gasteiger partial charge is 0.271 e. The van der Waals surface area contributed by atoms with Crippen molar-refractivity contribution in [3.8, 4) is 0 Å². The lowest BCUT2D eigenvalue weighted by Gasteiger charge is -2.19. The Balaban J connectivity index is 2.34. The Hall–Kier alpha value is -0.720. The molecule has 0 radical (unpaired) electrons. The Kier molecular flexibility index (Phi) is 5.57. The van der Waals surface area contributed by atoms with Gasteiger partial charge in [0.25, 0.3) is 0 Å². The molecule has 21 heavy (non-hydrogen) atoms. The first-order valence-corrected chi connectivity index (χ1v) is 7.52. The minimum atomic E-state index is -0.563. The van der Waals surface area contributed by atoms with Crippen LogP contribution in [0.25, 0.3) is 0 Å². The first-order chi connectivity index (χ1) is 9.93. The molecule has 0 fully saturated rings. The van der Waals surface area contributed by atoms with Crippen molar-refractivity contribution in [3.05, 3.63) is 67.6 Å². The van der Waals surface area contributed by atoms with Gasteiger partial charge in [0, 0.05) is 15.1 Å². The maximum atomic E-state index is 14.2. The molecule has 0 aliphatic rings. The second-order valence-corrected chi connectivity index (χ2v) is 6.06. The fourth-order valence-electron chi connectivity index (χ4n) is 1.98. The van der Waals surface area contributed by atoms with Gasteiger partial charge in [0.1, 0.15) is 11.6 Å². The first kappa shape index (κ1) is 16.6. The Labute approximate surface area is 139 Å². The van der Waals surface area contributed by atoms with Crippen LogP contribution in [0.2, 0.25) is 10.0 Å². The molecule has 0 saturated carbocycles. The maximum Gasteiger partial charge on any atom is 0.147 e. The molecule has 3 N–H and O–H groups in total. The van der Waals surface area contributed by atoms with Crippen LogP contribution >= 0.6 is 39.1 Å². The minimum Gasteiger partial charge on any atom is -0.271 e.